The van der Waals surface area contributed by atoms with E-state index in [4.69, 9.17) is 9.15 Å². The lowest BCUT2D eigenvalue weighted by atomic mass is 10.2. The second kappa shape index (κ2) is 8.54. The maximum Gasteiger partial charge on any atom is 0.273 e. The van der Waals surface area contributed by atoms with Crippen molar-refractivity contribution >= 4 is 27.7 Å². The van der Waals surface area contributed by atoms with Crippen LogP contribution in [0.2, 0.25) is 0 Å². The Morgan fingerprint density at radius 3 is 2.67 bits per heavy atom. The lowest BCUT2D eigenvalue weighted by Crippen LogP contribution is -2.41. The predicted molar refractivity (Wildman–Crippen MR) is 92.7 cm³/mol. The molecule has 1 aromatic heterocycles. The third kappa shape index (κ3) is 5.42. The Labute approximate surface area is 148 Å². The number of hydrogen-bond acceptors (Lipinski definition) is 4. The molecule has 0 saturated carbocycles. The number of benzene rings is 1. The lowest BCUT2D eigenvalue weighted by Gasteiger charge is -2.08. The minimum atomic E-state index is -0.400. The van der Waals surface area contributed by atoms with Crippen LogP contribution in [0.4, 0.5) is 0 Å². The van der Waals surface area contributed by atoms with Crippen molar-refractivity contribution in [2.24, 2.45) is 0 Å². The number of amides is 2. The van der Waals surface area contributed by atoms with Crippen molar-refractivity contribution in [3.8, 4) is 5.75 Å². The molecule has 0 saturated heterocycles. The topological polar surface area (TPSA) is 80.6 Å². The molecule has 2 aromatic rings. The molecule has 0 aliphatic rings. The molecule has 0 atom stereocenters. The van der Waals surface area contributed by atoms with Gasteiger partial charge in [0, 0.05) is 10.9 Å². The van der Waals surface area contributed by atoms with E-state index < -0.39 is 5.91 Å². The van der Waals surface area contributed by atoms with Gasteiger partial charge in [-0.15, -0.1) is 0 Å². The van der Waals surface area contributed by atoms with E-state index in [0.29, 0.717) is 30.1 Å². The maximum absolute atomic E-state index is 11.9. The molecule has 128 valence electrons. The number of hydrogen-bond donors (Lipinski definition) is 2. The third-order valence-electron chi connectivity index (χ3n) is 3.21. The van der Waals surface area contributed by atoms with Crippen molar-refractivity contribution in [2.45, 2.75) is 26.7 Å². The van der Waals surface area contributed by atoms with Crippen LogP contribution < -0.4 is 15.6 Å². The monoisotopic (exact) mass is 394 g/mol. The van der Waals surface area contributed by atoms with Crippen LogP contribution >= 0.6 is 15.9 Å². The Morgan fingerprint density at radius 1 is 1.21 bits per heavy atom. The number of ether oxygens (including phenoxy) is 1. The fraction of sp³-hybridized carbons (Fsp3) is 0.294. The van der Waals surface area contributed by atoms with Crippen molar-refractivity contribution < 1.29 is 18.7 Å². The Kier molecular flexibility index (Phi) is 6.43. The van der Waals surface area contributed by atoms with Crippen LogP contribution in [0.1, 0.15) is 34.7 Å². The first kappa shape index (κ1) is 18.1. The SMILES string of the molecule is Cc1cc(C(=O)NNC(=O)CCCOc2cccc(Br)c2)c(C)o1. The van der Waals surface area contributed by atoms with Crippen LogP contribution in [0.5, 0.6) is 5.75 Å². The summed E-state index contributed by atoms with van der Waals surface area (Å²) >= 11 is 3.36. The van der Waals surface area contributed by atoms with Crippen LogP contribution in [0.15, 0.2) is 39.2 Å². The molecule has 6 nitrogen and oxygen atoms in total. The molecular weight excluding hydrogens is 376 g/mol. The minimum Gasteiger partial charge on any atom is -0.494 e. The standard InChI is InChI=1S/C17H19BrN2O4/c1-11-9-15(12(2)24-11)17(22)20-19-16(21)7-4-8-23-14-6-3-5-13(18)10-14/h3,5-6,9-10H,4,7-8H2,1-2H3,(H,19,21)(H,20,22). The summed E-state index contributed by atoms with van der Waals surface area (Å²) in [6, 6.07) is 9.12. The fourth-order valence-corrected chi connectivity index (χ4v) is 2.47. The average Bonchev–Trinajstić information content (AvgIpc) is 2.88. The van der Waals surface area contributed by atoms with Gasteiger partial charge >= 0.3 is 0 Å². The molecule has 7 heteroatoms. The Morgan fingerprint density at radius 2 is 2.00 bits per heavy atom. The van der Waals surface area contributed by atoms with Gasteiger partial charge in [-0.05, 0) is 44.5 Å². The third-order valence-corrected chi connectivity index (χ3v) is 3.71. The summed E-state index contributed by atoms with van der Waals surface area (Å²) < 4.78 is 11.8. The van der Waals surface area contributed by atoms with E-state index in [-0.39, 0.29) is 12.3 Å². The van der Waals surface area contributed by atoms with Crippen LogP contribution in [0.25, 0.3) is 0 Å². The zero-order chi connectivity index (χ0) is 17.5. The zero-order valence-electron chi connectivity index (χ0n) is 13.5. The second-order valence-corrected chi connectivity index (χ2v) is 6.15. The highest BCUT2D eigenvalue weighted by Crippen LogP contribution is 2.17. The number of hydrazine groups is 1. The summed E-state index contributed by atoms with van der Waals surface area (Å²) in [5, 5.41) is 0. The van der Waals surface area contributed by atoms with Gasteiger partial charge in [-0.1, -0.05) is 22.0 Å². The normalized spacial score (nSPS) is 10.3. The molecule has 0 aliphatic carbocycles. The number of aryl methyl sites for hydroxylation is 2. The fourth-order valence-electron chi connectivity index (χ4n) is 2.09. The summed E-state index contributed by atoms with van der Waals surface area (Å²) in [6.45, 7) is 3.87. The van der Waals surface area contributed by atoms with E-state index in [0.717, 1.165) is 10.2 Å². The quantitative estimate of drug-likeness (QED) is 0.581. The number of furan rings is 1. The average molecular weight is 395 g/mol. The Hall–Kier alpha value is -2.28. The predicted octanol–water partition coefficient (Wildman–Crippen LogP) is 3.28. The molecule has 2 amide bonds. The highest BCUT2D eigenvalue weighted by Gasteiger charge is 2.13. The highest BCUT2D eigenvalue weighted by molar-refractivity contribution is 9.10. The van der Waals surface area contributed by atoms with Gasteiger partial charge in [0.05, 0.1) is 12.2 Å². The Bertz CT molecular complexity index is 727. The summed E-state index contributed by atoms with van der Waals surface area (Å²) in [6.07, 6.45) is 0.787. The molecular formula is C17H19BrN2O4. The first-order valence-electron chi connectivity index (χ1n) is 7.50. The van der Waals surface area contributed by atoms with Gasteiger partial charge in [0.2, 0.25) is 5.91 Å². The van der Waals surface area contributed by atoms with Crippen molar-refractivity contribution in [3.05, 3.63) is 51.9 Å². The molecule has 2 N–H and O–H groups in total. The number of halogens is 1. The summed E-state index contributed by atoms with van der Waals surface area (Å²) in [4.78, 5) is 23.6. The van der Waals surface area contributed by atoms with Gasteiger partial charge in [-0.2, -0.15) is 0 Å². The van der Waals surface area contributed by atoms with Crippen molar-refractivity contribution in [1.29, 1.82) is 0 Å². The Balaban J connectivity index is 1.66. The van der Waals surface area contributed by atoms with E-state index in [2.05, 4.69) is 26.8 Å². The first-order chi connectivity index (χ1) is 11.5. The molecule has 0 radical (unpaired) electrons. The molecule has 0 aliphatic heterocycles. The molecule has 0 fully saturated rings. The first-order valence-corrected chi connectivity index (χ1v) is 8.29. The summed E-state index contributed by atoms with van der Waals surface area (Å²) in [5.41, 5.74) is 5.16. The molecule has 0 bridgehead atoms. The van der Waals surface area contributed by atoms with Gasteiger partial charge in [0.25, 0.3) is 5.91 Å². The van der Waals surface area contributed by atoms with E-state index in [9.17, 15) is 9.59 Å². The molecule has 24 heavy (non-hydrogen) atoms. The highest BCUT2D eigenvalue weighted by atomic mass is 79.9. The smallest absolute Gasteiger partial charge is 0.273 e. The largest absolute Gasteiger partial charge is 0.494 e. The van der Waals surface area contributed by atoms with E-state index in [1.165, 1.54) is 0 Å². The number of carbonyl (C=O) groups excluding carboxylic acids is 2. The van der Waals surface area contributed by atoms with Crippen molar-refractivity contribution in [3.63, 3.8) is 0 Å². The van der Waals surface area contributed by atoms with Crippen LogP contribution in [-0.4, -0.2) is 18.4 Å². The van der Waals surface area contributed by atoms with Crippen molar-refractivity contribution in [1.82, 2.24) is 10.9 Å². The van der Waals surface area contributed by atoms with Crippen LogP contribution in [0.3, 0.4) is 0 Å². The van der Waals surface area contributed by atoms with Crippen LogP contribution in [-0.2, 0) is 4.79 Å². The van der Waals surface area contributed by atoms with Gasteiger partial charge in [0.15, 0.2) is 0 Å². The molecule has 0 unspecified atom stereocenters. The van der Waals surface area contributed by atoms with Gasteiger partial charge in [-0.25, -0.2) is 0 Å². The number of rotatable bonds is 6. The maximum atomic E-state index is 11.9. The molecule has 2 rings (SSSR count). The van der Waals surface area contributed by atoms with Crippen molar-refractivity contribution in [2.75, 3.05) is 6.61 Å². The van der Waals surface area contributed by atoms with E-state index in [1.54, 1.807) is 19.9 Å². The molecule has 1 aromatic carbocycles. The van der Waals surface area contributed by atoms with Gasteiger partial charge in [0.1, 0.15) is 17.3 Å². The van der Waals surface area contributed by atoms with E-state index >= 15 is 0 Å². The molecule has 0 spiro atoms. The van der Waals surface area contributed by atoms with Gasteiger partial charge in [-0.3, -0.25) is 20.4 Å². The van der Waals surface area contributed by atoms with Crippen LogP contribution in [0, 0.1) is 13.8 Å². The number of nitrogens with one attached hydrogen (secondary N) is 2. The minimum absolute atomic E-state index is 0.248. The summed E-state index contributed by atoms with van der Waals surface area (Å²) in [5.74, 6) is 1.22. The van der Waals surface area contributed by atoms with Gasteiger partial charge < -0.3 is 9.15 Å². The summed E-state index contributed by atoms with van der Waals surface area (Å²) in [7, 11) is 0. The zero-order valence-corrected chi connectivity index (χ0v) is 15.1. The van der Waals surface area contributed by atoms with E-state index in [1.807, 2.05) is 24.3 Å². The second-order valence-electron chi connectivity index (χ2n) is 5.24. The number of carbonyl (C=O) groups is 2. The lowest BCUT2D eigenvalue weighted by molar-refractivity contribution is -0.122. The molecule has 1 heterocycles.